The lowest BCUT2D eigenvalue weighted by atomic mass is 10.2. The maximum absolute atomic E-state index is 13.5. The van der Waals surface area contributed by atoms with Gasteiger partial charge in [0.05, 0.1) is 41.4 Å². The third-order valence-corrected chi connectivity index (χ3v) is 6.59. The van der Waals surface area contributed by atoms with Gasteiger partial charge in [-0.2, -0.15) is 9.78 Å². The van der Waals surface area contributed by atoms with Crippen molar-refractivity contribution in [3.05, 3.63) is 116 Å². The zero-order chi connectivity index (χ0) is 28.9. The zero-order valence-corrected chi connectivity index (χ0v) is 23.5. The Labute approximate surface area is 245 Å². The van der Waals surface area contributed by atoms with Crippen LogP contribution in [0.15, 0.2) is 94.8 Å². The number of rotatable bonds is 8. The monoisotopic (exact) mass is 587 g/mol. The van der Waals surface area contributed by atoms with Gasteiger partial charge in [-0.15, -0.1) is 0 Å². The Hall–Kier alpha value is -4.66. The number of benzene rings is 4. The van der Waals surface area contributed by atoms with Gasteiger partial charge >= 0.3 is 5.97 Å². The van der Waals surface area contributed by atoms with Crippen LogP contribution >= 0.6 is 23.2 Å². The second-order valence-corrected chi connectivity index (χ2v) is 9.54. The van der Waals surface area contributed by atoms with Crippen molar-refractivity contribution in [2.75, 3.05) is 13.7 Å². The predicted octanol–water partition coefficient (Wildman–Crippen LogP) is 6.88. The molecule has 8 nitrogen and oxygen atoms in total. The van der Waals surface area contributed by atoms with Crippen LogP contribution in [0.4, 0.5) is 0 Å². The number of carbonyl (C=O) groups excluding carboxylic acids is 1. The van der Waals surface area contributed by atoms with Gasteiger partial charge in [-0.3, -0.25) is 4.79 Å². The van der Waals surface area contributed by atoms with Crippen molar-refractivity contribution in [1.82, 2.24) is 9.66 Å². The maximum atomic E-state index is 13.5. The average Bonchev–Trinajstić information content (AvgIpc) is 2.98. The normalized spacial score (nSPS) is 11.1. The molecule has 1 heterocycles. The number of esters is 1. The molecular formula is C31H23Cl2N3O5. The van der Waals surface area contributed by atoms with Crippen molar-refractivity contribution >= 4 is 46.3 Å². The molecule has 0 spiro atoms. The maximum Gasteiger partial charge on any atom is 0.343 e. The van der Waals surface area contributed by atoms with E-state index in [0.29, 0.717) is 55.7 Å². The Kier molecular flexibility index (Phi) is 8.33. The van der Waals surface area contributed by atoms with Crippen molar-refractivity contribution in [2.24, 2.45) is 5.10 Å². The second-order valence-electron chi connectivity index (χ2n) is 8.70. The molecule has 0 atom stereocenters. The van der Waals surface area contributed by atoms with Crippen molar-refractivity contribution in [1.29, 1.82) is 0 Å². The van der Waals surface area contributed by atoms with E-state index < -0.39 is 5.97 Å². The van der Waals surface area contributed by atoms with E-state index in [0.717, 1.165) is 0 Å². The van der Waals surface area contributed by atoms with Gasteiger partial charge < -0.3 is 14.2 Å². The first kappa shape index (κ1) is 27.9. The Morgan fingerprint density at radius 1 is 0.976 bits per heavy atom. The number of fused-ring (bicyclic) bond motifs is 1. The van der Waals surface area contributed by atoms with E-state index >= 15 is 0 Å². The fraction of sp³-hybridized carbons (Fsp3) is 0.0968. The first-order chi connectivity index (χ1) is 19.9. The molecule has 0 aliphatic heterocycles. The van der Waals surface area contributed by atoms with Gasteiger partial charge in [-0.1, -0.05) is 35.3 Å². The van der Waals surface area contributed by atoms with E-state index in [-0.39, 0.29) is 17.1 Å². The lowest BCUT2D eigenvalue weighted by Gasteiger charge is -2.12. The zero-order valence-electron chi connectivity index (χ0n) is 22.0. The largest absolute Gasteiger partial charge is 0.497 e. The first-order valence-electron chi connectivity index (χ1n) is 12.5. The summed E-state index contributed by atoms with van der Waals surface area (Å²) < 4.78 is 17.7. The average molecular weight is 588 g/mol. The van der Waals surface area contributed by atoms with Crippen LogP contribution in [0.3, 0.4) is 0 Å². The molecule has 4 aromatic carbocycles. The molecule has 0 fully saturated rings. The van der Waals surface area contributed by atoms with E-state index in [2.05, 4.69) is 10.1 Å². The minimum absolute atomic E-state index is 0.239. The molecule has 0 radical (unpaired) electrons. The van der Waals surface area contributed by atoms with Crippen LogP contribution in [0.5, 0.6) is 17.2 Å². The molecule has 0 aliphatic rings. The molecule has 0 aliphatic carbocycles. The lowest BCUT2D eigenvalue weighted by molar-refractivity contribution is 0.0728. The molecule has 41 heavy (non-hydrogen) atoms. The van der Waals surface area contributed by atoms with Gasteiger partial charge in [0, 0.05) is 10.6 Å². The molecule has 0 unspecified atom stereocenters. The summed E-state index contributed by atoms with van der Waals surface area (Å²) in [6, 6.07) is 23.5. The van der Waals surface area contributed by atoms with Crippen LogP contribution in [-0.2, 0) is 0 Å². The van der Waals surface area contributed by atoms with Crippen LogP contribution in [0, 0.1) is 0 Å². The highest BCUT2D eigenvalue weighted by molar-refractivity contribution is 6.36. The molecule has 0 saturated carbocycles. The summed E-state index contributed by atoms with van der Waals surface area (Å²) in [4.78, 5) is 30.9. The molecule has 1 aromatic heterocycles. The Morgan fingerprint density at radius 3 is 2.49 bits per heavy atom. The fourth-order valence-corrected chi connectivity index (χ4v) is 4.54. The van der Waals surface area contributed by atoms with E-state index in [1.54, 1.807) is 92.0 Å². The van der Waals surface area contributed by atoms with Crippen LogP contribution in [-0.4, -0.2) is 35.6 Å². The summed E-state index contributed by atoms with van der Waals surface area (Å²) >= 11 is 12.6. The van der Waals surface area contributed by atoms with E-state index in [1.807, 2.05) is 6.92 Å². The van der Waals surface area contributed by atoms with Gasteiger partial charge in [0.25, 0.3) is 5.56 Å². The minimum Gasteiger partial charge on any atom is -0.497 e. The summed E-state index contributed by atoms with van der Waals surface area (Å²) in [6.45, 7) is 2.15. The highest BCUT2D eigenvalue weighted by Gasteiger charge is 2.16. The molecule has 0 N–H and O–H groups in total. The smallest absolute Gasteiger partial charge is 0.343 e. The summed E-state index contributed by atoms with van der Waals surface area (Å²) in [5, 5.41) is 5.65. The quantitative estimate of drug-likeness (QED) is 0.112. The number of halogens is 2. The minimum atomic E-state index is -0.548. The Bertz CT molecular complexity index is 1840. The van der Waals surface area contributed by atoms with Gasteiger partial charge in [0.2, 0.25) is 0 Å². The molecule has 0 saturated heterocycles. The summed E-state index contributed by atoms with van der Waals surface area (Å²) in [5.41, 5.74) is 1.57. The van der Waals surface area contributed by atoms with Crippen molar-refractivity contribution in [3.8, 4) is 28.6 Å². The number of aromatic nitrogens is 2. The summed E-state index contributed by atoms with van der Waals surface area (Å²) in [6.07, 6.45) is 1.49. The van der Waals surface area contributed by atoms with Gasteiger partial charge in [0.1, 0.15) is 5.75 Å². The van der Waals surface area contributed by atoms with Gasteiger partial charge in [-0.25, -0.2) is 9.78 Å². The Morgan fingerprint density at radius 2 is 1.76 bits per heavy atom. The topological polar surface area (TPSA) is 92.0 Å². The van der Waals surface area contributed by atoms with Crippen LogP contribution in [0.25, 0.3) is 22.3 Å². The fourth-order valence-electron chi connectivity index (χ4n) is 4.04. The molecule has 0 amide bonds. The molecule has 0 bridgehead atoms. The van der Waals surface area contributed by atoms with E-state index in [1.165, 1.54) is 10.9 Å². The number of hydrogen-bond donors (Lipinski definition) is 0. The third kappa shape index (κ3) is 6.09. The van der Waals surface area contributed by atoms with Gasteiger partial charge in [-0.05, 0) is 85.3 Å². The van der Waals surface area contributed by atoms with Crippen LogP contribution in [0.1, 0.15) is 22.8 Å². The predicted molar refractivity (Wildman–Crippen MR) is 160 cm³/mol. The lowest BCUT2D eigenvalue weighted by Crippen LogP contribution is -2.20. The molecule has 5 aromatic rings. The van der Waals surface area contributed by atoms with E-state index in [9.17, 15) is 9.59 Å². The van der Waals surface area contributed by atoms with Gasteiger partial charge in [0.15, 0.2) is 17.3 Å². The van der Waals surface area contributed by atoms with Crippen molar-refractivity contribution in [3.63, 3.8) is 0 Å². The number of ether oxygens (including phenoxy) is 3. The number of carbonyl (C=O) groups is 1. The first-order valence-corrected chi connectivity index (χ1v) is 13.3. The third-order valence-electron chi connectivity index (χ3n) is 6.04. The van der Waals surface area contributed by atoms with Crippen LogP contribution < -0.4 is 19.8 Å². The standard InChI is InChI=1S/C31H23Cl2N3O5/c1-3-40-28-16-19(8-15-27(28)41-31(38)20-9-12-22(39-2)13-10-20)18-34-36-29(23-14-11-21(32)17-25(23)33)35-26-7-5-4-6-24(26)30(36)37/h4-18H,3H2,1-2H3. The number of methoxy groups -OCH3 is 1. The SMILES string of the molecule is CCOc1cc(C=Nn2c(-c3ccc(Cl)cc3Cl)nc3ccccc3c2=O)ccc1OC(=O)c1ccc(OC)cc1. The van der Waals surface area contributed by atoms with E-state index in [4.69, 9.17) is 37.4 Å². The van der Waals surface area contributed by atoms with Crippen LogP contribution in [0.2, 0.25) is 10.0 Å². The summed E-state index contributed by atoms with van der Waals surface area (Å²) in [5.74, 6) is 0.906. The molecule has 5 rings (SSSR count). The number of para-hydroxylation sites is 1. The highest BCUT2D eigenvalue weighted by Crippen LogP contribution is 2.31. The van der Waals surface area contributed by atoms with Crippen molar-refractivity contribution in [2.45, 2.75) is 6.92 Å². The molecular weight excluding hydrogens is 565 g/mol. The summed E-state index contributed by atoms with van der Waals surface area (Å²) in [7, 11) is 1.55. The molecule has 10 heteroatoms. The molecule has 206 valence electrons. The number of hydrogen-bond acceptors (Lipinski definition) is 7. The number of nitrogens with zero attached hydrogens (tertiary/aromatic N) is 3. The second kappa shape index (κ2) is 12.2. The Balaban J connectivity index is 1.51. The van der Waals surface area contributed by atoms with Crippen molar-refractivity contribution < 1.29 is 19.0 Å². The highest BCUT2D eigenvalue weighted by atomic mass is 35.5.